The minimum Gasteiger partial charge on any atom is -0.495 e. The Bertz CT molecular complexity index is 842. The molecule has 3 heterocycles. The van der Waals surface area contributed by atoms with Gasteiger partial charge in [-0.25, -0.2) is 9.97 Å². The number of pyridine rings is 1. The Labute approximate surface area is 135 Å². The van der Waals surface area contributed by atoms with Crippen LogP contribution in [0.5, 0.6) is 5.75 Å². The maximum absolute atomic E-state index is 5.57. The van der Waals surface area contributed by atoms with Gasteiger partial charge in [0.05, 0.1) is 18.8 Å². The monoisotopic (exact) mass is 308 g/mol. The summed E-state index contributed by atoms with van der Waals surface area (Å²) in [7, 11) is 3.86. The summed E-state index contributed by atoms with van der Waals surface area (Å²) in [5.41, 5.74) is 2.80. The molecule has 5 nitrogen and oxygen atoms in total. The number of hydrogen-bond acceptors (Lipinski definition) is 4. The molecule has 1 aliphatic heterocycles. The minimum absolute atomic E-state index is 0.314. The number of aromatic nitrogens is 3. The highest BCUT2D eigenvalue weighted by Crippen LogP contribution is 2.35. The predicted molar refractivity (Wildman–Crippen MR) is 90.0 cm³/mol. The molecule has 23 heavy (non-hydrogen) atoms. The summed E-state index contributed by atoms with van der Waals surface area (Å²) in [6.07, 6.45) is 4.14. The van der Waals surface area contributed by atoms with Crippen LogP contribution in [-0.2, 0) is 0 Å². The van der Waals surface area contributed by atoms with Gasteiger partial charge in [0.25, 0.3) is 0 Å². The number of benzene rings is 1. The summed E-state index contributed by atoms with van der Waals surface area (Å²) in [5, 5.41) is 0. The fraction of sp³-hybridized carbons (Fsp3) is 0.333. The molecule has 1 fully saturated rings. The van der Waals surface area contributed by atoms with E-state index in [1.807, 2.05) is 36.5 Å². The number of methoxy groups -OCH3 is 1. The second-order valence-electron chi connectivity index (χ2n) is 5.96. The standard InChI is InChI=1S/C18H20N4O/c1-21-12-6-9-15(21)18-20-13-7-5-11-19-17(13)22(18)14-8-3-4-10-16(14)23-2/h3-5,7-8,10-11,15H,6,9,12H2,1-2H3. The molecule has 1 aromatic carbocycles. The van der Waals surface area contributed by atoms with Gasteiger partial charge < -0.3 is 4.74 Å². The van der Waals surface area contributed by atoms with Crippen molar-refractivity contribution in [3.8, 4) is 11.4 Å². The Morgan fingerprint density at radius 1 is 1.17 bits per heavy atom. The van der Waals surface area contributed by atoms with Gasteiger partial charge in [-0.1, -0.05) is 12.1 Å². The summed E-state index contributed by atoms with van der Waals surface area (Å²) in [4.78, 5) is 11.8. The van der Waals surface area contributed by atoms with E-state index < -0.39 is 0 Å². The molecular formula is C18H20N4O. The van der Waals surface area contributed by atoms with Gasteiger partial charge in [-0.2, -0.15) is 0 Å². The number of ether oxygens (including phenoxy) is 1. The van der Waals surface area contributed by atoms with Crippen LogP contribution in [0, 0.1) is 0 Å². The highest BCUT2D eigenvalue weighted by Gasteiger charge is 2.29. The van der Waals surface area contributed by atoms with E-state index in [4.69, 9.17) is 9.72 Å². The molecule has 1 atom stereocenters. The second kappa shape index (κ2) is 5.66. The Morgan fingerprint density at radius 3 is 2.83 bits per heavy atom. The molecule has 0 aliphatic carbocycles. The van der Waals surface area contributed by atoms with E-state index in [1.165, 1.54) is 6.42 Å². The molecule has 1 saturated heterocycles. The molecule has 0 N–H and O–H groups in total. The van der Waals surface area contributed by atoms with Gasteiger partial charge in [0, 0.05) is 6.20 Å². The molecule has 3 aromatic rings. The molecule has 0 spiro atoms. The number of hydrogen-bond donors (Lipinski definition) is 0. The highest BCUT2D eigenvalue weighted by atomic mass is 16.5. The van der Waals surface area contributed by atoms with Crippen molar-refractivity contribution < 1.29 is 4.74 Å². The number of imidazole rings is 1. The lowest BCUT2D eigenvalue weighted by Gasteiger charge is -2.21. The van der Waals surface area contributed by atoms with Crippen molar-refractivity contribution in [2.75, 3.05) is 20.7 Å². The Kier molecular flexibility index (Phi) is 3.50. The van der Waals surface area contributed by atoms with Gasteiger partial charge in [-0.15, -0.1) is 0 Å². The van der Waals surface area contributed by atoms with Crippen LogP contribution in [0.1, 0.15) is 24.7 Å². The van der Waals surface area contributed by atoms with E-state index in [2.05, 4.69) is 27.6 Å². The Morgan fingerprint density at radius 2 is 2.04 bits per heavy atom. The lowest BCUT2D eigenvalue weighted by atomic mass is 10.2. The first-order valence-electron chi connectivity index (χ1n) is 7.96. The zero-order chi connectivity index (χ0) is 15.8. The molecule has 0 saturated carbocycles. The molecule has 4 rings (SSSR count). The van der Waals surface area contributed by atoms with Crippen molar-refractivity contribution in [2.45, 2.75) is 18.9 Å². The van der Waals surface area contributed by atoms with Crippen molar-refractivity contribution in [2.24, 2.45) is 0 Å². The minimum atomic E-state index is 0.314. The van der Waals surface area contributed by atoms with E-state index in [1.54, 1.807) is 7.11 Å². The van der Waals surface area contributed by atoms with Crippen LogP contribution in [0.4, 0.5) is 0 Å². The largest absolute Gasteiger partial charge is 0.495 e. The third-order valence-corrected chi connectivity index (χ3v) is 4.59. The van der Waals surface area contributed by atoms with Crippen molar-refractivity contribution in [1.29, 1.82) is 0 Å². The average Bonchev–Trinajstić information content (AvgIpc) is 3.17. The van der Waals surface area contributed by atoms with E-state index >= 15 is 0 Å². The van der Waals surface area contributed by atoms with Gasteiger partial charge in [0.15, 0.2) is 5.65 Å². The summed E-state index contributed by atoms with van der Waals surface area (Å²) in [6, 6.07) is 12.3. The molecular weight excluding hydrogens is 288 g/mol. The molecule has 118 valence electrons. The molecule has 0 amide bonds. The first-order chi connectivity index (χ1) is 11.3. The Hall–Kier alpha value is -2.40. The van der Waals surface area contributed by atoms with Crippen LogP contribution >= 0.6 is 0 Å². The zero-order valence-corrected chi connectivity index (χ0v) is 13.4. The van der Waals surface area contributed by atoms with E-state index in [0.717, 1.165) is 41.4 Å². The SMILES string of the molecule is COc1ccccc1-n1c(C2CCCN2C)nc2cccnc21. The van der Waals surface area contributed by atoms with Crippen molar-refractivity contribution in [3.05, 3.63) is 48.4 Å². The molecule has 2 aromatic heterocycles. The van der Waals surface area contributed by atoms with Crippen molar-refractivity contribution in [3.63, 3.8) is 0 Å². The van der Waals surface area contributed by atoms with E-state index in [9.17, 15) is 0 Å². The van der Waals surface area contributed by atoms with Gasteiger partial charge in [-0.3, -0.25) is 9.47 Å². The topological polar surface area (TPSA) is 43.2 Å². The number of nitrogens with zero attached hydrogens (tertiary/aromatic N) is 4. The number of rotatable bonds is 3. The molecule has 1 unspecified atom stereocenters. The summed E-state index contributed by atoms with van der Waals surface area (Å²) in [5.74, 6) is 1.88. The lowest BCUT2D eigenvalue weighted by Crippen LogP contribution is -2.21. The van der Waals surface area contributed by atoms with Crippen LogP contribution in [0.2, 0.25) is 0 Å². The predicted octanol–water partition coefficient (Wildman–Crippen LogP) is 3.20. The maximum Gasteiger partial charge on any atom is 0.164 e. The molecule has 1 aliphatic rings. The quantitative estimate of drug-likeness (QED) is 0.745. The highest BCUT2D eigenvalue weighted by molar-refractivity contribution is 5.75. The fourth-order valence-corrected chi connectivity index (χ4v) is 3.44. The van der Waals surface area contributed by atoms with Gasteiger partial charge in [-0.05, 0) is 50.7 Å². The van der Waals surface area contributed by atoms with E-state index in [0.29, 0.717) is 6.04 Å². The lowest BCUT2D eigenvalue weighted by molar-refractivity contribution is 0.303. The van der Waals surface area contributed by atoms with Crippen LogP contribution in [-0.4, -0.2) is 40.1 Å². The number of likely N-dealkylation sites (tertiary alicyclic amines) is 1. The van der Waals surface area contributed by atoms with Gasteiger partial charge >= 0.3 is 0 Å². The van der Waals surface area contributed by atoms with Crippen molar-refractivity contribution >= 4 is 11.2 Å². The second-order valence-corrected chi connectivity index (χ2v) is 5.96. The first-order valence-corrected chi connectivity index (χ1v) is 7.96. The first kappa shape index (κ1) is 14.2. The number of para-hydroxylation sites is 2. The zero-order valence-electron chi connectivity index (χ0n) is 13.4. The Balaban J connectivity index is 2.00. The van der Waals surface area contributed by atoms with Crippen LogP contribution < -0.4 is 4.74 Å². The third-order valence-electron chi connectivity index (χ3n) is 4.59. The third kappa shape index (κ3) is 2.28. The molecule has 0 bridgehead atoms. The number of fused-ring (bicyclic) bond motifs is 1. The normalized spacial score (nSPS) is 18.6. The maximum atomic E-state index is 5.57. The van der Waals surface area contributed by atoms with Gasteiger partial charge in [0.2, 0.25) is 0 Å². The van der Waals surface area contributed by atoms with Crippen LogP contribution in [0.25, 0.3) is 16.9 Å². The summed E-state index contributed by atoms with van der Waals surface area (Å²) in [6.45, 7) is 1.10. The van der Waals surface area contributed by atoms with Crippen LogP contribution in [0.15, 0.2) is 42.6 Å². The van der Waals surface area contributed by atoms with E-state index in [-0.39, 0.29) is 0 Å². The fourth-order valence-electron chi connectivity index (χ4n) is 3.44. The molecule has 5 heteroatoms. The summed E-state index contributed by atoms with van der Waals surface area (Å²) >= 11 is 0. The van der Waals surface area contributed by atoms with Gasteiger partial charge in [0.1, 0.15) is 17.1 Å². The summed E-state index contributed by atoms with van der Waals surface area (Å²) < 4.78 is 7.73. The van der Waals surface area contributed by atoms with Crippen LogP contribution in [0.3, 0.4) is 0 Å². The smallest absolute Gasteiger partial charge is 0.164 e. The molecule has 0 radical (unpaired) electrons. The van der Waals surface area contributed by atoms with Crippen molar-refractivity contribution in [1.82, 2.24) is 19.4 Å². The average molecular weight is 308 g/mol.